The number of sulfonamides is 1. The minimum absolute atomic E-state index is 0.145. The molecule has 0 radical (unpaired) electrons. The van der Waals surface area contributed by atoms with Crippen molar-refractivity contribution in [3.05, 3.63) is 33.8 Å². The van der Waals surface area contributed by atoms with E-state index in [9.17, 15) is 8.42 Å². The molecule has 1 fully saturated rings. The lowest BCUT2D eigenvalue weighted by molar-refractivity contribution is 0.350. The molecule has 1 aliphatic carbocycles. The van der Waals surface area contributed by atoms with Gasteiger partial charge in [0.15, 0.2) is 0 Å². The molecule has 1 aliphatic heterocycles. The van der Waals surface area contributed by atoms with Crippen molar-refractivity contribution in [3.63, 3.8) is 0 Å². The normalized spacial score (nSPS) is 27.2. The maximum Gasteiger partial charge on any atom is 0.214 e. The summed E-state index contributed by atoms with van der Waals surface area (Å²) in [5.74, 6) is 0.323. The Labute approximate surface area is 110 Å². The summed E-state index contributed by atoms with van der Waals surface area (Å²) in [6.07, 6.45) is 2.49. The Morgan fingerprint density at radius 1 is 1.24 bits per heavy atom. The van der Waals surface area contributed by atoms with Crippen LogP contribution in [0.1, 0.15) is 17.5 Å². The average molecular weight is 316 g/mol. The van der Waals surface area contributed by atoms with E-state index in [1.165, 1.54) is 11.1 Å². The minimum atomic E-state index is -2.98. The van der Waals surface area contributed by atoms with E-state index in [0.717, 1.165) is 23.7 Å². The monoisotopic (exact) mass is 315 g/mol. The molecule has 0 spiro atoms. The molecule has 17 heavy (non-hydrogen) atoms. The topological polar surface area (TPSA) is 37.4 Å². The molecule has 0 aromatic heterocycles. The highest BCUT2D eigenvalue weighted by Gasteiger charge is 2.37. The minimum Gasteiger partial charge on any atom is -0.212 e. The van der Waals surface area contributed by atoms with Gasteiger partial charge >= 0.3 is 0 Å². The lowest BCUT2D eigenvalue weighted by Crippen LogP contribution is -2.37. The van der Waals surface area contributed by atoms with Crippen LogP contribution in [0.3, 0.4) is 0 Å². The summed E-state index contributed by atoms with van der Waals surface area (Å²) < 4.78 is 26.5. The molecule has 1 atom stereocenters. The number of hydrogen-bond donors (Lipinski definition) is 0. The van der Waals surface area contributed by atoms with Crippen LogP contribution in [-0.2, 0) is 22.9 Å². The average Bonchev–Trinajstić information content (AvgIpc) is 2.79. The molecule has 3 rings (SSSR count). The summed E-state index contributed by atoms with van der Waals surface area (Å²) >= 11 is 3.46. The third-order valence-electron chi connectivity index (χ3n) is 3.62. The quantitative estimate of drug-likeness (QED) is 0.794. The number of nitrogens with zero attached hydrogens (tertiary/aromatic N) is 1. The molecule has 1 saturated heterocycles. The van der Waals surface area contributed by atoms with Gasteiger partial charge in [-0.15, -0.1) is 0 Å². The standard InChI is InChI=1S/C12H14BrNO2S/c13-11-3-2-9-7-12(8-10(9)6-11)14-4-1-5-17(14,15)16/h2-3,6,12H,1,4-5,7-8H2. The van der Waals surface area contributed by atoms with Crippen LogP contribution in [0.2, 0.25) is 0 Å². The number of rotatable bonds is 1. The zero-order valence-electron chi connectivity index (χ0n) is 9.39. The molecule has 5 heteroatoms. The lowest BCUT2D eigenvalue weighted by atomic mass is 10.1. The zero-order chi connectivity index (χ0) is 12.0. The van der Waals surface area contributed by atoms with Gasteiger partial charge in [-0.1, -0.05) is 22.0 Å². The van der Waals surface area contributed by atoms with Crippen LogP contribution in [0.4, 0.5) is 0 Å². The molecule has 0 saturated carbocycles. The number of fused-ring (bicyclic) bond motifs is 1. The molecule has 1 aromatic carbocycles. The molecule has 1 heterocycles. The van der Waals surface area contributed by atoms with E-state index in [1.54, 1.807) is 4.31 Å². The Hall–Kier alpha value is -0.390. The third kappa shape index (κ3) is 2.04. The molecule has 1 aromatic rings. The van der Waals surface area contributed by atoms with E-state index in [0.29, 0.717) is 12.3 Å². The molecule has 1 unspecified atom stereocenters. The van der Waals surface area contributed by atoms with Gasteiger partial charge in [0, 0.05) is 17.1 Å². The second-order valence-electron chi connectivity index (χ2n) is 4.76. The lowest BCUT2D eigenvalue weighted by Gasteiger charge is -2.21. The summed E-state index contributed by atoms with van der Waals surface area (Å²) in [5, 5.41) is 0. The highest BCUT2D eigenvalue weighted by Crippen LogP contribution is 2.31. The van der Waals surface area contributed by atoms with Crippen molar-refractivity contribution in [3.8, 4) is 0 Å². The molecule has 2 aliphatic rings. The van der Waals surface area contributed by atoms with Gasteiger partial charge in [0.1, 0.15) is 0 Å². The van der Waals surface area contributed by atoms with E-state index in [2.05, 4.69) is 28.1 Å². The highest BCUT2D eigenvalue weighted by molar-refractivity contribution is 9.10. The Kier molecular flexibility index (Phi) is 2.80. The van der Waals surface area contributed by atoms with Crippen LogP contribution in [0.5, 0.6) is 0 Å². The summed E-state index contributed by atoms with van der Waals surface area (Å²) in [7, 11) is -2.98. The molecule has 0 bridgehead atoms. The number of hydrogen-bond acceptors (Lipinski definition) is 2. The summed E-state index contributed by atoms with van der Waals surface area (Å²) in [6.45, 7) is 0.697. The maximum absolute atomic E-state index is 11.9. The molecule has 0 amide bonds. The first-order chi connectivity index (χ1) is 8.06. The Balaban J connectivity index is 1.87. The van der Waals surface area contributed by atoms with Crippen LogP contribution < -0.4 is 0 Å². The second-order valence-corrected chi connectivity index (χ2v) is 7.71. The largest absolute Gasteiger partial charge is 0.214 e. The van der Waals surface area contributed by atoms with Crippen molar-refractivity contribution in [1.82, 2.24) is 4.31 Å². The maximum atomic E-state index is 11.9. The Morgan fingerprint density at radius 3 is 2.71 bits per heavy atom. The second kappa shape index (κ2) is 4.07. The van der Waals surface area contributed by atoms with Crippen molar-refractivity contribution in [2.45, 2.75) is 25.3 Å². The van der Waals surface area contributed by atoms with Crippen LogP contribution in [0, 0.1) is 0 Å². The molecule has 92 valence electrons. The fraction of sp³-hybridized carbons (Fsp3) is 0.500. The van der Waals surface area contributed by atoms with E-state index < -0.39 is 10.0 Å². The number of benzene rings is 1. The molecular formula is C12H14BrNO2S. The first-order valence-electron chi connectivity index (χ1n) is 5.83. The zero-order valence-corrected chi connectivity index (χ0v) is 11.8. The Morgan fingerprint density at radius 2 is 2.00 bits per heavy atom. The van der Waals surface area contributed by atoms with Crippen LogP contribution in [-0.4, -0.2) is 31.1 Å². The highest BCUT2D eigenvalue weighted by atomic mass is 79.9. The molecular weight excluding hydrogens is 302 g/mol. The first kappa shape index (κ1) is 11.7. The SMILES string of the molecule is O=S1(=O)CCCN1C1Cc2ccc(Br)cc2C1. The Bertz CT molecular complexity index is 556. The van der Waals surface area contributed by atoms with Gasteiger partial charge in [0.05, 0.1) is 5.75 Å². The van der Waals surface area contributed by atoms with Gasteiger partial charge in [0.2, 0.25) is 10.0 Å². The summed E-state index contributed by atoms with van der Waals surface area (Å²) in [4.78, 5) is 0. The van der Waals surface area contributed by atoms with Crippen molar-refractivity contribution in [2.24, 2.45) is 0 Å². The van der Waals surface area contributed by atoms with Gasteiger partial charge in [-0.3, -0.25) is 0 Å². The van der Waals surface area contributed by atoms with Crippen molar-refractivity contribution in [2.75, 3.05) is 12.3 Å². The van der Waals surface area contributed by atoms with Gasteiger partial charge in [-0.05, 0) is 42.5 Å². The van der Waals surface area contributed by atoms with Crippen LogP contribution in [0.15, 0.2) is 22.7 Å². The van der Waals surface area contributed by atoms with E-state index in [-0.39, 0.29) is 6.04 Å². The van der Waals surface area contributed by atoms with Crippen molar-refractivity contribution < 1.29 is 8.42 Å². The molecule has 3 nitrogen and oxygen atoms in total. The summed E-state index contributed by atoms with van der Waals surface area (Å²) in [5.41, 5.74) is 2.58. The molecule has 0 N–H and O–H groups in total. The van der Waals surface area contributed by atoms with Gasteiger partial charge in [0.25, 0.3) is 0 Å². The first-order valence-corrected chi connectivity index (χ1v) is 8.23. The smallest absolute Gasteiger partial charge is 0.212 e. The van der Waals surface area contributed by atoms with E-state index in [4.69, 9.17) is 0 Å². The van der Waals surface area contributed by atoms with E-state index in [1.807, 2.05) is 6.07 Å². The van der Waals surface area contributed by atoms with Gasteiger partial charge in [-0.25, -0.2) is 8.42 Å². The third-order valence-corrected chi connectivity index (χ3v) is 6.12. The van der Waals surface area contributed by atoms with Crippen molar-refractivity contribution >= 4 is 26.0 Å². The van der Waals surface area contributed by atoms with Crippen LogP contribution in [0.25, 0.3) is 0 Å². The van der Waals surface area contributed by atoms with Crippen molar-refractivity contribution in [1.29, 1.82) is 0 Å². The van der Waals surface area contributed by atoms with Crippen LogP contribution >= 0.6 is 15.9 Å². The predicted octanol–water partition coefficient (Wildman–Crippen LogP) is 1.95. The predicted molar refractivity (Wildman–Crippen MR) is 70.4 cm³/mol. The van der Waals surface area contributed by atoms with E-state index >= 15 is 0 Å². The fourth-order valence-corrected chi connectivity index (χ4v) is 4.98. The fourth-order valence-electron chi connectivity index (χ4n) is 2.84. The van der Waals surface area contributed by atoms with Gasteiger partial charge in [-0.2, -0.15) is 4.31 Å². The summed E-state index contributed by atoms with van der Waals surface area (Å²) in [6, 6.07) is 6.38. The van der Waals surface area contributed by atoms with Gasteiger partial charge < -0.3 is 0 Å². The number of halogens is 1.